The van der Waals surface area contributed by atoms with E-state index in [1.165, 1.54) is 0 Å². The van der Waals surface area contributed by atoms with Gasteiger partial charge in [-0.1, -0.05) is 12.1 Å². The summed E-state index contributed by atoms with van der Waals surface area (Å²) in [6, 6.07) is 5.35. The van der Waals surface area contributed by atoms with Crippen LogP contribution in [0.1, 0.15) is 18.1 Å². The lowest BCUT2D eigenvalue weighted by molar-refractivity contribution is -0.141. The lowest BCUT2D eigenvalue weighted by atomic mass is 10.1. The number of ether oxygens (including phenoxy) is 1. The van der Waals surface area contributed by atoms with Gasteiger partial charge in [0.15, 0.2) is 0 Å². The molecule has 0 fully saturated rings. The van der Waals surface area contributed by atoms with Crippen molar-refractivity contribution in [1.82, 2.24) is 5.32 Å². The van der Waals surface area contributed by atoms with Crippen LogP contribution < -0.4 is 10.6 Å². The first-order chi connectivity index (χ1) is 8.52. The van der Waals surface area contributed by atoms with Crippen LogP contribution in [0, 0.1) is 13.8 Å². The van der Waals surface area contributed by atoms with Gasteiger partial charge in [-0.3, -0.25) is 4.79 Å². The smallest absolute Gasteiger partial charge is 0.325 e. The summed E-state index contributed by atoms with van der Waals surface area (Å²) in [5.41, 5.74) is 2.75. The SMILES string of the molecule is CCOC(=O)CNC(=O)Nc1cc(C)ccc1C. The molecule has 1 aromatic carbocycles. The Balaban J connectivity index is 2.49. The summed E-state index contributed by atoms with van der Waals surface area (Å²) in [5.74, 6) is -0.450. The van der Waals surface area contributed by atoms with Crippen molar-refractivity contribution in [2.24, 2.45) is 0 Å². The molecular formula is C13H18N2O3. The van der Waals surface area contributed by atoms with Gasteiger partial charge in [0.2, 0.25) is 0 Å². The number of carbonyl (C=O) groups excluding carboxylic acids is 2. The van der Waals surface area contributed by atoms with Crippen molar-refractivity contribution in [3.05, 3.63) is 29.3 Å². The second-order valence-corrected chi connectivity index (χ2v) is 3.93. The summed E-state index contributed by atoms with van der Waals surface area (Å²) >= 11 is 0. The van der Waals surface area contributed by atoms with Crippen LogP contribution in [0.2, 0.25) is 0 Å². The van der Waals surface area contributed by atoms with Crippen LogP contribution in [-0.4, -0.2) is 25.2 Å². The molecule has 0 spiro atoms. The Morgan fingerprint density at radius 1 is 1.28 bits per heavy atom. The van der Waals surface area contributed by atoms with Crippen molar-refractivity contribution in [2.75, 3.05) is 18.5 Å². The first-order valence-electron chi connectivity index (χ1n) is 5.80. The fraction of sp³-hybridized carbons (Fsp3) is 0.385. The number of anilines is 1. The van der Waals surface area contributed by atoms with Gasteiger partial charge in [-0.15, -0.1) is 0 Å². The molecule has 0 aliphatic carbocycles. The van der Waals surface area contributed by atoms with Crippen LogP contribution in [0.3, 0.4) is 0 Å². The van der Waals surface area contributed by atoms with Gasteiger partial charge in [0.1, 0.15) is 6.54 Å². The first kappa shape index (κ1) is 14.0. The maximum absolute atomic E-state index is 11.6. The molecule has 0 bridgehead atoms. The highest BCUT2D eigenvalue weighted by atomic mass is 16.5. The number of carbonyl (C=O) groups is 2. The predicted molar refractivity (Wildman–Crippen MR) is 69.6 cm³/mol. The van der Waals surface area contributed by atoms with E-state index < -0.39 is 12.0 Å². The van der Waals surface area contributed by atoms with Crippen LogP contribution >= 0.6 is 0 Å². The van der Waals surface area contributed by atoms with Gasteiger partial charge in [0, 0.05) is 5.69 Å². The van der Waals surface area contributed by atoms with Gasteiger partial charge >= 0.3 is 12.0 Å². The van der Waals surface area contributed by atoms with Crippen molar-refractivity contribution in [2.45, 2.75) is 20.8 Å². The van der Waals surface area contributed by atoms with Gasteiger partial charge < -0.3 is 15.4 Å². The van der Waals surface area contributed by atoms with E-state index in [-0.39, 0.29) is 6.54 Å². The molecule has 0 saturated carbocycles. The summed E-state index contributed by atoms with van der Waals surface area (Å²) < 4.78 is 4.70. The fourth-order valence-electron chi connectivity index (χ4n) is 1.40. The molecule has 0 radical (unpaired) electrons. The number of amides is 2. The highest BCUT2D eigenvalue weighted by molar-refractivity contribution is 5.92. The number of hydrogen-bond acceptors (Lipinski definition) is 3. The molecule has 0 atom stereocenters. The van der Waals surface area contributed by atoms with Gasteiger partial charge in [-0.25, -0.2) is 4.79 Å². The van der Waals surface area contributed by atoms with E-state index in [4.69, 9.17) is 4.74 Å². The van der Waals surface area contributed by atoms with Crippen molar-refractivity contribution >= 4 is 17.7 Å². The monoisotopic (exact) mass is 250 g/mol. The molecule has 2 N–H and O–H groups in total. The van der Waals surface area contributed by atoms with Gasteiger partial charge in [-0.2, -0.15) is 0 Å². The number of benzene rings is 1. The summed E-state index contributed by atoms with van der Waals surface area (Å²) in [6.45, 7) is 5.74. The van der Waals surface area contributed by atoms with E-state index >= 15 is 0 Å². The molecule has 0 aliphatic heterocycles. The lowest BCUT2D eigenvalue weighted by Crippen LogP contribution is -2.34. The lowest BCUT2D eigenvalue weighted by Gasteiger charge is -2.10. The minimum Gasteiger partial charge on any atom is -0.465 e. The molecule has 0 heterocycles. The largest absolute Gasteiger partial charge is 0.465 e. The first-order valence-corrected chi connectivity index (χ1v) is 5.80. The maximum Gasteiger partial charge on any atom is 0.325 e. The topological polar surface area (TPSA) is 67.4 Å². The second-order valence-electron chi connectivity index (χ2n) is 3.93. The normalized spacial score (nSPS) is 9.72. The Kier molecular flexibility index (Phi) is 5.17. The third kappa shape index (κ3) is 4.45. The highest BCUT2D eigenvalue weighted by Gasteiger charge is 2.07. The zero-order valence-electron chi connectivity index (χ0n) is 10.9. The van der Waals surface area contributed by atoms with E-state index in [1.54, 1.807) is 6.92 Å². The quantitative estimate of drug-likeness (QED) is 0.803. The fourth-order valence-corrected chi connectivity index (χ4v) is 1.40. The predicted octanol–water partition coefficient (Wildman–Crippen LogP) is 1.99. The molecule has 0 saturated heterocycles. The highest BCUT2D eigenvalue weighted by Crippen LogP contribution is 2.15. The molecule has 1 rings (SSSR count). The number of hydrogen-bond donors (Lipinski definition) is 2. The van der Waals surface area contributed by atoms with Crippen molar-refractivity contribution in [3.8, 4) is 0 Å². The third-order valence-corrected chi connectivity index (χ3v) is 2.34. The molecule has 98 valence electrons. The molecule has 2 amide bonds. The number of urea groups is 1. The van der Waals surface area contributed by atoms with Crippen molar-refractivity contribution in [1.29, 1.82) is 0 Å². The van der Waals surface area contributed by atoms with Crippen molar-refractivity contribution in [3.63, 3.8) is 0 Å². The van der Waals surface area contributed by atoms with E-state index in [0.29, 0.717) is 6.61 Å². The number of esters is 1. The summed E-state index contributed by atoms with van der Waals surface area (Å²) in [5, 5.41) is 5.13. The average molecular weight is 250 g/mol. The molecule has 0 aliphatic rings. The molecule has 5 heteroatoms. The average Bonchev–Trinajstić information content (AvgIpc) is 2.32. The van der Waals surface area contributed by atoms with Crippen LogP contribution in [0.25, 0.3) is 0 Å². The minimum absolute atomic E-state index is 0.134. The molecule has 18 heavy (non-hydrogen) atoms. The van der Waals surface area contributed by atoms with E-state index in [2.05, 4.69) is 10.6 Å². The molecule has 5 nitrogen and oxygen atoms in total. The summed E-state index contributed by atoms with van der Waals surface area (Å²) in [6.07, 6.45) is 0. The Morgan fingerprint density at radius 2 is 2.00 bits per heavy atom. The molecule has 1 aromatic rings. The molecule has 0 unspecified atom stereocenters. The molecule has 0 aromatic heterocycles. The maximum atomic E-state index is 11.6. The van der Waals surface area contributed by atoms with Crippen molar-refractivity contribution < 1.29 is 14.3 Å². The Hall–Kier alpha value is -2.04. The second kappa shape index (κ2) is 6.64. The van der Waals surface area contributed by atoms with Crippen LogP contribution in [0.5, 0.6) is 0 Å². The van der Waals surface area contributed by atoms with E-state index in [9.17, 15) is 9.59 Å². The summed E-state index contributed by atoms with van der Waals surface area (Å²) in [4.78, 5) is 22.6. The Bertz CT molecular complexity index is 444. The number of nitrogens with one attached hydrogen (secondary N) is 2. The van der Waals surface area contributed by atoms with Gasteiger partial charge in [0.25, 0.3) is 0 Å². The Morgan fingerprint density at radius 3 is 2.67 bits per heavy atom. The number of rotatable bonds is 4. The van der Waals surface area contributed by atoms with Crippen LogP contribution in [-0.2, 0) is 9.53 Å². The zero-order chi connectivity index (χ0) is 13.5. The third-order valence-electron chi connectivity index (χ3n) is 2.34. The van der Waals surface area contributed by atoms with Crippen LogP contribution in [0.15, 0.2) is 18.2 Å². The molecular weight excluding hydrogens is 232 g/mol. The standard InChI is InChI=1S/C13H18N2O3/c1-4-18-12(16)8-14-13(17)15-11-7-9(2)5-6-10(11)3/h5-7H,4,8H2,1-3H3,(H2,14,15,17). The van der Waals surface area contributed by atoms with Gasteiger partial charge in [0.05, 0.1) is 6.61 Å². The minimum atomic E-state index is -0.450. The van der Waals surface area contributed by atoms with Gasteiger partial charge in [-0.05, 0) is 38.0 Å². The summed E-state index contributed by atoms with van der Waals surface area (Å²) in [7, 11) is 0. The Labute approximate surface area is 107 Å². The zero-order valence-corrected chi connectivity index (χ0v) is 10.9. The van der Waals surface area contributed by atoms with E-state index in [1.807, 2.05) is 32.0 Å². The van der Waals surface area contributed by atoms with Crippen LogP contribution in [0.4, 0.5) is 10.5 Å². The van der Waals surface area contributed by atoms with E-state index in [0.717, 1.165) is 16.8 Å². The number of aryl methyl sites for hydroxylation is 2.